The zero-order valence-electron chi connectivity index (χ0n) is 18.1. The van der Waals surface area contributed by atoms with Crippen molar-refractivity contribution < 1.29 is 22.7 Å². The second-order valence-corrected chi connectivity index (χ2v) is 9.73. The largest absolute Gasteiger partial charge is 0.493 e. The van der Waals surface area contributed by atoms with Crippen molar-refractivity contribution in [3.05, 3.63) is 53.1 Å². The predicted molar refractivity (Wildman–Crippen MR) is 123 cm³/mol. The van der Waals surface area contributed by atoms with Gasteiger partial charge in [0.25, 0.3) is 0 Å². The Kier molecular flexibility index (Phi) is 8.22. The fourth-order valence-corrected chi connectivity index (χ4v) is 5.20. The monoisotopic (exact) mass is 481 g/mol. The zero-order chi connectivity index (χ0) is 23.1. The number of nitrogens with one attached hydrogen (secondary N) is 3. The van der Waals surface area contributed by atoms with E-state index >= 15 is 0 Å². The van der Waals surface area contributed by atoms with E-state index in [2.05, 4.69) is 15.4 Å². The molecule has 3 rings (SSSR count). The van der Waals surface area contributed by atoms with Gasteiger partial charge < -0.3 is 20.1 Å². The maximum Gasteiger partial charge on any atom is 0.315 e. The fourth-order valence-electron chi connectivity index (χ4n) is 3.68. The van der Waals surface area contributed by atoms with Gasteiger partial charge in [-0.25, -0.2) is 17.9 Å². The molecule has 3 N–H and O–H groups in total. The summed E-state index contributed by atoms with van der Waals surface area (Å²) in [5.41, 5.74) is 0.845. The van der Waals surface area contributed by atoms with Gasteiger partial charge in [0.15, 0.2) is 11.5 Å². The number of amides is 2. The molecule has 2 aromatic rings. The SMILES string of the molecule is COc1ccc(S(=O)(=O)NC2CCC(NC(=O)NCc3ccccc3Cl)CC2)cc1OC. The molecule has 0 aromatic heterocycles. The number of methoxy groups -OCH3 is 2. The van der Waals surface area contributed by atoms with Gasteiger partial charge in [0, 0.05) is 29.7 Å². The topological polar surface area (TPSA) is 106 Å². The molecule has 1 fully saturated rings. The molecule has 0 aliphatic heterocycles. The molecule has 0 saturated heterocycles. The highest BCUT2D eigenvalue weighted by atomic mass is 35.5. The number of carbonyl (C=O) groups is 1. The Hall–Kier alpha value is -2.49. The van der Waals surface area contributed by atoms with Gasteiger partial charge >= 0.3 is 6.03 Å². The highest BCUT2D eigenvalue weighted by Crippen LogP contribution is 2.30. The van der Waals surface area contributed by atoms with Crippen LogP contribution in [0.2, 0.25) is 5.02 Å². The Balaban J connectivity index is 1.48. The third-order valence-electron chi connectivity index (χ3n) is 5.45. The highest BCUT2D eigenvalue weighted by Gasteiger charge is 2.27. The van der Waals surface area contributed by atoms with Crippen molar-refractivity contribution in [2.45, 2.75) is 49.2 Å². The van der Waals surface area contributed by atoms with E-state index in [9.17, 15) is 13.2 Å². The molecule has 10 heteroatoms. The maximum absolute atomic E-state index is 12.8. The van der Waals surface area contributed by atoms with Gasteiger partial charge in [-0.3, -0.25) is 0 Å². The smallest absolute Gasteiger partial charge is 0.315 e. The number of hydrogen-bond donors (Lipinski definition) is 3. The summed E-state index contributed by atoms with van der Waals surface area (Å²) in [6.07, 6.45) is 2.61. The van der Waals surface area contributed by atoms with Gasteiger partial charge in [-0.05, 0) is 49.4 Å². The van der Waals surface area contributed by atoms with Crippen molar-refractivity contribution in [2.24, 2.45) is 0 Å². The summed E-state index contributed by atoms with van der Waals surface area (Å²) >= 11 is 6.10. The summed E-state index contributed by atoms with van der Waals surface area (Å²) in [5.74, 6) is 0.817. The van der Waals surface area contributed by atoms with Crippen molar-refractivity contribution in [3.8, 4) is 11.5 Å². The summed E-state index contributed by atoms with van der Waals surface area (Å²) in [5, 5.41) is 6.37. The number of hydrogen-bond acceptors (Lipinski definition) is 5. The Labute approximate surface area is 193 Å². The van der Waals surface area contributed by atoms with E-state index in [0.29, 0.717) is 48.7 Å². The zero-order valence-corrected chi connectivity index (χ0v) is 19.6. The molecule has 8 nitrogen and oxygen atoms in total. The van der Waals surface area contributed by atoms with Crippen LogP contribution in [0, 0.1) is 0 Å². The van der Waals surface area contributed by atoms with Crippen LogP contribution >= 0.6 is 11.6 Å². The van der Waals surface area contributed by atoms with Crippen LogP contribution in [0.15, 0.2) is 47.4 Å². The molecule has 0 spiro atoms. The molecule has 1 aliphatic rings. The van der Waals surface area contributed by atoms with Crippen LogP contribution < -0.4 is 24.8 Å². The van der Waals surface area contributed by atoms with E-state index in [1.807, 2.05) is 18.2 Å². The lowest BCUT2D eigenvalue weighted by Gasteiger charge is -2.29. The molecule has 0 unspecified atom stereocenters. The molecule has 1 aliphatic carbocycles. The van der Waals surface area contributed by atoms with E-state index in [1.54, 1.807) is 12.1 Å². The summed E-state index contributed by atoms with van der Waals surface area (Å²) in [7, 11) is -0.746. The van der Waals surface area contributed by atoms with Crippen molar-refractivity contribution >= 4 is 27.7 Å². The minimum Gasteiger partial charge on any atom is -0.493 e. The summed E-state index contributed by atoms with van der Waals surface area (Å²) in [4.78, 5) is 12.3. The number of urea groups is 1. The van der Waals surface area contributed by atoms with Crippen LogP contribution in [0.5, 0.6) is 11.5 Å². The summed E-state index contributed by atoms with van der Waals surface area (Å²) in [6.45, 7) is 0.339. The Morgan fingerprint density at radius 1 is 1.00 bits per heavy atom. The molecule has 32 heavy (non-hydrogen) atoms. The Bertz CT molecular complexity index is 1040. The number of sulfonamides is 1. The van der Waals surface area contributed by atoms with Gasteiger partial charge in [0.05, 0.1) is 19.1 Å². The lowest BCUT2D eigenvalue weighted by atomic mass is 9.92. The first-order valence-electron chi connectivity index (χ1n) is 10.3. The Morgan fingerprint density at radius 2 is 1.66 bits per heavy atom. The Morgan fingerprint density at radius 3 is 2.31 bits per heavy atom. The second kappa shape index (κ2) is 10.9. The lowest BCUT2D eigenvalue weighted by Crippen LogP contribution is -2.46. The normalized spacial score (nSPS) is 18.6. The minimum atomic E-state index is -3.70. The third-order valence-corrected chi connectivity index (χ3v) is 7.33. The molecule has 0 atom stereocenters. The lowest BCUT2D eigenvalue weighted by molar-refractivity contribution is 0.230. The van der Waals surface area contributed by atoms with Gasteiger partial charge in [-0.2, -0.15) is 0 Å². The van der Waals surface area contributed by atoms with Crippen molar-refractivity contribution in [3.63, 3.8) is 0 Å². The molecule has 174 valence electrons. The fraction of sp³-hybridized carbons (Fsp3) is 0.409. The van der Waals surface area contributed by atoms with Crippen LogP contribution in [-0.4, -0.2) is 40.8 Å². The van der Waals surface area contributed by atoms with E-state index in [-0.39, 0.29) is 23.0 Å². The molecule has 0 heterocycles. The van der Waals surface area contributed by atoms with Crippen LogP contribution in [0.4, 0.5) is 4.79 Å². The molecular weight excluding hydrogens is 454 g/mol. The van der Waals surface area contributed by atoms with E-state index in [4.69, 9.17) is 21.1 Å². The van der Waals surface area contributed by atoms with Crippen molar-refractivity contribution in [1.82, 2.24) is 15.4 Å². The third kappa shape index (κ3) is 6.27. The second-order valence-electron chi connectivity index (χ2n) is 7.61. The van der Waals surface area contributed by atoms with Crippen LogP contribution in [0.1, 0.15) is 31.2 Å². The molecular formula is C22H28ClN3O5S. The number of halogens is 1. The average molecular weight is 482 g/mol. The number of carbonyl (C=O) groups excluding carboxylic acids is 1. The average Bonchev–Trinajstić information content (AvgIpc) is 2.79. The van der Waals surface area contributed by atoms with E-state index in [0.717, 1.165) is 5.56 Å². The van der Waals surface area contributed by atoms with Gasteiger partial charge in [-0.1, -0.05) is 29.8 Å². The summed E-state index contributed by atoms with van der Waals surface area (Å²) < 4.78 is 38.7. The van der Waals surface area contributed by atoms with Gasteiger partial charge in [0.1, 0.15) is 0 Å². The molecule has 2 aromatic carbocycles. The van der Waals surface area contributed by atoms with Crippen molar-refractivity contribution in [2.75, 3.05) is 14.2 Å². The number of rotatable bonds is 8. The number of benzene rings is 2. The maximum atomic E-state index is 12.8. The highest BCUT2D eigenvalue weighted by molar-refractivity contribution is 7.89. The first-order chi connectivity index (χ1) is 15.3. The van der Waals surface area contributed by atoms with Gasteiger partial charge in [-0.15, -0.1) is 0 Å². The van der Waals surface area contributed by atoms with E-state index in [1.165, 1.54) is 26.4 Å². The van der Waals surface area contributed by atoms with Gasteiger partial charge in [0.2, 0.25) is 10.0 Å². The van der Waals surface area contributed by atoms with Crippen LogP contribution in [0.3, 0.4) is 0 Å². The summed E-state index contributed by atoms with van der Waals surface area (Å²) in [6, 6.07) is 11.4. The van der Waals surface area contributed by atoms with E-state index < -0.39 is 10.0 Å². The molecule has 1 saturated carbocycles. The van der Waals surface area contributed by atoms with Crippen LogP contribution in [0.25, 0.3) is 0 Å². The molecule has 0 bridgehead atoms. The standard InChI is InChI=1S/C22H28ClN3O5S/c1-30-20-12-11-18(13-21(20)31-2)32(28,29)26-17-9-7-16(8-10-17)25-22(27)24-14-15-5-3-4-6-19(15)23/h3-6,11-13,16-17,26H,7-10,14H2,1-2H3,(H2,24,25,27). The first kappa shape index (κ1) is 24.2. The quantitative estimate of drug-likeness (QED) is 0.535. The van der Waals surface area contributed by atoms with Crippen molar-refractivity contribution in [1.29, 1.82) is 0 Å². The first-order valence-corrected chi connectivity index (χ1v) is 12.2. The number of ether oxygens (including phenoxy) is 2. The molecule has 2 amide bonds. The molecule has 0 radical (unpaired) electrons. The minimum absolute atomic E-state index is 0.0110. The predicted octanol–water partition coefficient (Wildman–Crippen LogP) is 3.45. The van der Waals surface area contributed by atoms with Crippen LogP contribution in [-0.2, 0) is 16.6 Å².